The first-order valence-corrected chi connectivity index (χ1v) is 10.6. The van der Waals surface area contributed by atoms with Crippen molar-refractivity contribution in [1.29, 1.82) is 10.5 Å². The van der Waals surface area contributed by atoms with Crippen molar-refractivity contribution in [2.24, 2.45) is 0 Å². The van der Waals surface area contributed by atoms with Crippen LogP contribution in [0.5, 0.6) is 11.5 Å². The zero-order chi connectivity index (χ0) is 23.1. The van der Waals surface area contributed by atoms with Gasteiger partial charge in [-0.1, -0.05) is 18.2 Å². The van der Waals surface area contributed by atoms with E-state index in [1.54, 1.807) is 24.4 Å². The van der Waals surface area contributed by atoms with Crippen molar-refractivity contribution in [2.45, 2.75) is 0 Å². The lowest BCUT2D eigenvalue weighted by Crippen LogP contribution is -2.14. The van der Waals surface area contributed by atoms with E-state index in [4.69, 9.17) is 34.2 Å². The topological polar surface area (TPSA) is 107 Å². The number of benzene rings is 2. The molecular weight excluding hydrogens is 422 g/mol. The maximum atomic E-state index is 9.02. The predicted octanol–water partition coefficient (Wildman–Crippen LogP) is 3.49. The Bertz CT molecular complexity index is 1100. The van der Waals surface area contributed by atoms with Gasteiger partial charge in [-0.05, 0) is 30.3 Å². The molecule has 8 heteroatoms. The van der Waals surface area contributed by atoms with Crippen molar-refractivity contribution < 1.29 is 23.7 Å². The second kappa shape index (κ2) is 13.7. The Morgan fingerprint density at radius 3 is 2.00 bits per heavy atom. The van der Waals surface area contributed by atoms with Crippen LogP contribution in [0.2, 0.25) is 0 Å². The van der Waals surface area contributed by atoms with Gasteiger partial charge in [0.25, 0.3) is 0 Å². The standard InChI is InChI=1S/C25H25N3O5/c26-18-21-6-7-23(17-22(21)19-27)32-15-13-30-11-9-29-10-12-31-14-16-33-24-5-1-3-20-4-2-8-28-25(20)24/h1-8,17H,9-16H2. The van der Waals surface area contributed by atoms with Crippen LogP contribution in [0, 0.1) is 22.7 Å². The maximum absolute atomic E-state index is 9.02. The Kier molecular flexibility index (Phi) is 9.92. The smallest absolute Gasteiger partial charge is 0.145 e. The minimum atomic E-state index is 0.295. The van der Waals surface area contributed by atoms with Crippen molar-refractivity contribution >= 4 is 10.9 Å². The SMILES string of the molecule is N#Cc1ccc(OCCOCCOCCOCCOc2cccc3cccnc23)cc1C#N. The monoisotopic (exact) mass is 447 g/mol. The fraction of sp³-hybridized carbons (Fsp3) is 0.320. The average Bonchev–Trinajstić information content (AvgIpc) is 2.86. The fourth-order valence-corrected chi connectivity index (χ4v) is 2.97. The van der Waals surface area contributed by atoms with Crippen molar-refractivity contribution in [3.05, 3.63) is 65.9 Å². The van der Waals surface area contributed by atoms with E-state index in [9.17, 15) is 0 Å². The number of hydrogen-bond donors (Lipinski definition) is 0. The molecule has 3 aromatic rings. The van der Waals surface area contributed by atoms with Gasteiger partial charge in [0.15, 0.2) is 0 Å². The summed E-state index contributed by atoms with van der Waals surface area (Å²) >= 11 is 0. The molecule has 0 N–H and O–H groups in total. The number of nitriles is 2. The molecule has 8 nitrogen and oxygen atoms in total. The predicted molar refractivity (Wildman–Crippen MR) is 121 cm³/mol. The Hall–Kier alpha value is -3.69. The van der Waals surface area contributed by atoms with Crippen LogP contribution < -0.4 is 9.47 Å². The molecule has 0 spiro atoms. The number of aromatic nitrogens is 1. The second-order valence-electron chi connectivity index (χ2n) is 6.80. The molecule has 0 fully saturated rings. The minimum absolute atomic E-state index is 0.295. The van der Waals surface area contributed by atoms with Gasteiger partial charge in [0.1, 0.15) is 42.4 Å². The molecule has 1 aromatic heterocycles. The number of ether oxygens (including phenoxy) is 5. The largest absolute Gasteiger partial charge is 0.491 e. The molecule has 0 saturated carbocycles. The zero-order valence-corrected chi connectivity index (χ0v) is 18.2. The molecule has 33 heavy (non-hydrogen) atoms. The average molecular weight is 447 g/mol. The normalized spacial score (nSPS) is 10.5. The van der Waals surface area contributed by atoms with E-state index < -0.39 is 0 Å². The number of hydrogen-bond acceptors (Lipinski definition) is 8. The molecule has 0 aliphatic heterocycles. The number of fused-ring (bicyclic) bond motifs is 1. The van der Waals surface area contributed by atoms with Gasteiger partial charge in [-0.3, -0.25) is 4.98 Å². The van der Waals surface area contributed by atoms with Crippen LogP contribution in [-0.2, 0) is 14.2 Å². The molecule has 0 aliphatic carbocycles. The van der Waals surface area contributed by atoms with Crippen LogP contribution in [0.15, 0.2) is 54.7 Å². The number of para-hydroxylation sites is 1. The molecule has 0 unspecified atom stereocenters. The number of pyridine rings is 1. The van der Waals surface area contributed by atoms with E-state index in [0.717, 1.165) is 16.7 Å². The lowest BCUT2D eigenvalue weighted by molar-refractivity contribution is 0.00505. The maximum Gasteiger partial charge on any atom is 0.145 e. The van der Waals surface area contributed by atoms with Crippen LogP contribution in [0.25, 0.3) is 10.9 Å². The third kappa shape index (κ3) is 7.74. The molecule has 2 aromatic carbocycles. The molecule has 1 heterocycles. The van der Waals surface area contributed by atoms with Crippen LogP contribution in [0.3, 0.4) is 0 Å². The summed E-state index contributed by atoms with van der Waals surface area (Å²) in [6, 6.07) is 18.5. The van der Waals surface area contributed by atoms with Crippen molar-refractivity contribution in [3.8, 4) is 23.6 Å². The summed E-state index contributed by atoms with van der Waals surface area (Å²) in [6.45, 7) is 3.47. The highest BCUT2D eigenvalue weighted by Gasteiger charge is 2.04. The number of nitrogens with zero attached hydrogens (tertiary/aromatic N) is 3. The fourth-order valence-electron chi connectivity index (χ4n) is 2.97. The van der Waals surface area contributed by atoms with E-state index in [1.165, 1.54) is 0 Å². The van der Waals surface area contributed by atoms with Crippen LogP contribution in [0.4, 0.5) is 0 Å². The highest BCUT2D eigenvalue weighted by Crippen LogP contribution is 2.22. The Morgan fingerprint density at radius 1 is 0.667 bits per heavy atom. The van der Waals surface area contributed by atoms with Crippen molar-refractivity contribution in [2.75, 3.05) is 52.9 Å². The Balaban J connectivity index is 1.16. The highest BCUT2D eigenvalue weighted by molar-refractivity contribution is 5.84. The van der Waals surface area contributed by atoms with Crippen molar-refractivity contribution in [3.63, 3.8) is 0 Å². The van der Waals surface area contributed by atoms with E-state index in [0.29, 0.717) is 69.7 Å². The summed E-state index contributed by atoms with van der Waals surface area (Å²) in [4.78, 5) is 4.36. The van der Waals surface area contributed by atoms with Crippen LogP contribution in [0.1, 0.15) is 11.1 Å². The van der Waals surface area contributed by atoms with Gasteiger partial charge in [-0.2, -0.15) is 10.5 Å². The molecule has 0 bridgehead atoms. The highest BCUT2D eigenvalue weighted by atomic mass is 16.6. The summed E-state index contributed by atoms with van der Waals surface area (Å²) < 4.78 is 27.7. The first kappa shape index (κ1) is 24.0. The lowest BCUT2D eigenvalue weighted by Gasteiger charge is -2.10. The molecule has 0 aliphatic rings. The molecule has 0 saturated heterocycles. The van der Waals surface area contributed by atoms with Gasteiger partial charge in [0.05, 0.1) is 50.8 Å². The van der Waals surface area contributed by atoms with E-state index in [1.807, 2.05) is 42.5 Å². The summed E-state index contributed by atoms with van der Waals surface area (Å²) in [5, 5.41) is 19.0. The third-order valence-corrected chi connectivity index (χ3v) is 4.55. The summed E-state index contributed by atoms with van der Waals surface area (Å²) in [5.74, 6) is 1.28. The van der Waals surface area contributed by atoms with Gasteiger partial charge in [-0.25, -0.2) is 0 Å². The Morgan fingerprint density at radius 2 is 1.30 bits per heavy atom. The summed E-state index contributed by atoms with van der Waals surface area (Å²) in [6.07, 6.45) is 1.75. The molecule has 0 amide bonds. The van der Waals surface area contributed by atoms with Gasteiger partial charge >= 0.3 is 0 Å². The van der Waals surface area contributed by atoms with Gasteiger partial charge < -0.3 is 23.7 Å². The summed E-state index contributed by atoms with van der Waals surface area (Å²) in [5.41, 5.74) is 1.47. The van der Waals surface area contributed by atoms with E-state index in [-0.39, 0.29) is 0 Å². The van der Waals surface area contributed by atoms with Gasteiger partial charge in [0, 0.05) is 11.6 Å². The van der Waals surface area contributed by atoms with E-state index in [2.05, 4.69) is 4.98 Å². The minimum Gasteiger partial charge on any atom is -0.491 e. The Labute approximate surface area is 192 Å². The first-order valence-electron chi connectivity index (χ1n) is 10.6. The molecule has 170 valence electrons. The molecular formula is C25H25N3O5. The number of rotatable bonds is 14. The second-order valence-corrected chi connectivity index (χ2v) is 6.80. The van der Waals surface area contributed by atoms with Gasteiger partial charge in [0.2, 0.25) is 0 Å². The van der Waals surface area contributed by atoms with Crippen LogP contribution >= 0.6 is 0 Å². The van der Waals surface area contributed by atoms with E-state index >= 15 is 0 Å². The third-order valence-electron chi connectivity index (χ3n) is 4.55. The molecule has 0 atom stereocenters. The van der Waals surface area contributed by atoms with Gasteiger partial charge in [-0.15, -0.1) is 0 Å². The van der Waals surface area contributed by atoms with Crippen molar-refractivity contribution in [1.82, 2.24) is 4.98 Å². The van der Waals surface area contributed by atoms with Crippen LogP contribution in [-0.4, -0.2) is 57.8 Å². The zero-order valence-electron chi connectivity index (χ0n) is 18.2. The lowest BCUT2D eigenvalue weighted by atomic mass is 10.1. The molecule has 3 rings (SSSR count). The first-order chi connectivity index (χ1) is 16.3. The summed E-state index contributed by atoms with van der Waals surface area (Å²) in [7, 11) is 0. The quantitative estimate of drug-likeness (QED) is 0.346. The molecule has 0 radical (unpaired) electrons.